The number of carboxylic acid groups (broad SMARTS) is 1. The number of ether oxygens (including phenoxy) is 2. The van der Waals surface area contributed by atoms with Gasteiger partial charge in [-0.1, -0.05) is 30.3 Å². The molecule has 0 fully saturated rings. The molecule has 0 heterocycles. The Bertz CT molecular complexity index is 879. The first kappa shape index (κ1) is 31.5. The van der Waals surface area contributed by atoms with E-state index in [1.165, 1.54) is 4.90 Å². The van der Waals surface area contributed by atoms with Crippen LogP contribution in [0.5, 0.6) is 0 Å². The number of nitrogens with one attached hydrogen (secondary N) is 3. The minimum atomic E-state index is -1.11. The Labute approximate surface area is 219 Å². The van der Waals surface area contributed by atoms with Crippen molar-refractivity contribution in [2.24, 2.45) is 0 Å². The van der Waals surface area contributed by atoms with E-state index >= 15 is 0 Å². The quantitative estimate of drug-likeness (QED) is 0.305. The smallest absolute Gasteiger partial charge is 0.407 e. The van der Waals surface area contributed by atoms with E-state index in [0.29, 0.717) is 19.4 Å². The highest BCUT2D eigenvalue weighted by Gasteiger charge is 2.21. The fourth-order valence-corrected chi connectivity index (χ4v) is 3.16. The summed E-state index contributed by atoms with van der Waals surface area (Å²) in [6.45, 7) is 11.2. The van der Waals surface area contributed by atoms with Gasteiger partial charge in [-0.05, 0) is 59.9 Å². The molecule has 0 aliphatic heterocycles. The zero-order valence-electron chi connectivity index (χ0n) is 22.8. The van der Waals surface area contributed by atoms with Gasteiger partial charge in [-0.15, -0.1) is 0 Å². The maximum absolute atomic E-state index is 12.4. The van der Waals surface area contributed by atoms with Crippen LogP contribution in [0.15, 0.2) is 30.3 Å². The molecule has 11 heteroatoms. The molecule has 4 N–H and O–H groups in total. The molecule has 11 nitrogen and oxygen atoms in total. The van der Waals surface area contributed by atoms with Crippen LogP contribution in [-0.4, -0.2) is 71.1 Å². The Morgan fingerprint density at radius 3 is 2.08 bits per heavy atom. The number of benzene rings is 1. The van der Waals surface area contributed by atoms with Crippen LogP contribution in [-0.2, 0) is 20.8 Å². The predicted octanol–water partition coefficient (Wildman–Crippen LogP) is 3.87. The van der Waals surface area contributed by atoms with E-state index in [4.69, 9.17) is 9.47 Å². The fraction of sp³-hybridized carbons (Fsp3) is 0.615. The zero-order chi connectivity index (χ0) is 28.1. The largest absolute Gasteiger partial charge is 0.465 e. The van der Waals surface area contributed by atoms with E-state index in [1.807, 2.05) is 30.3 Å². The van der Waals surface area contributed by atoms with Crippen LogP contribution in [0, 0.1) is 0 Å². The first-order chi connectivity index (χ1) is 17.1. The monoisotopic (exact) mass is 522 g/mol. The Morgan fingerprint density at radius 1 is 0.919 bits per heavy atom. The van der Waals surface area contributed by atoms with Gasteiger partial charge in [-0.3, -0.25) is 4.79 Å². The first-order valence-electron chi connectivity index (χ1n) is 12.4. The lowest BCUT2D eigenvalue weighted by Gasteiger charge is -2.24. The van der Waals surface area contributed by atoms with Crippen molar-refractivity contribution in [1.82, 2.24) is 20.9 Å². The van der Waals surface area contributed by atoms with Gasteiger partial charge in [0.05, 0.1) is 0 Å². The van der Waals surface area contributed by atoms with Crippen molar-refractivity contribution < 1.29 is 33.8 Å². The number of nitrogens with zero attached hydrogens (tertiary/aromatic N) is 1. The van der Waals surface area contributed by atoms with Crippen LogP contribution in [0.1, 0.15) is 66.4 Å². The molecular weight excluding hydrogens is 480 g/mol. The number of carbonyl (C=O) groups is 4. The average Bonchev–Trinajstić information content (AvgIpc) is 2.75. The summed E-state index contributed by atoms with van der Waals surface area (Å²) < 4.78 is 10.5. The van der Waals surface area contributed by atoms with Crippen molar-refractivity contribution in [3.63, 3.8) is 0 Å². The van der Waals surface area contributed by atoms with Gasteiger partial charge in [0.1, 0.15) is 11.2 Å². The molecule has 4 amide bonds. The third-order valence-corrected chi connectivity index (χ3v) is 4.76. The first-order valence-corrected chi connectivity index (χ1v) is 12.4. The Balaban J connectivity index is 2.59. The normalized spacial score (nSPS) is 12.2. The van der Waals surface area contributed by atoms with Crippen molar-refractivity contribution in [1.29, 1.82) is 0 Å². The molecule has 0 saturated carbocycles. The van der Waals surface area contributed by atoms with E-state index in [9.17, 15) is 24.3 Å². The molecule has 1 aromatic carbocycles. The van der Waals surface area contributed by atoms with Gasteiger partial charge in [-0.25, -0.2) is 14.4 Å². The Morgan fingerprint density at radius 2 is 1.51 bits per heavy atom. The molecule has 0 saturated heterocycles. The molecule has 0 bridgehead atoms. The lowest BCUT2D eigenvalue weighted by molar-refractivity contribution is -0.121. The fourth-order valence-electron chi connectivity index (χ4n) is 3.16. The molecule has 0 spiro atoms. The molecule has 1 aromatic rings. The van der Waals surface area contributed by atoms with Crippen molar-refractivity contribution in [2.45, 2.75) is 84.6 Å². The number of amides is 4. The van der Waals surface area contributed by atoms with E-state index in [-0.39, 0.29) is 32.0 Å². The highest BCUT2D eigenvalue weighted by atomic mass is 16.6. The summed E-state index contributed by atoms with van der Waals surface area (Å²) in [5, 5.41) is 17.6. The number of carbonyl (C=O) groups excluding carboxylic acids is 3. The van der Waals surface area contributed by atoms with Crippen molar-refractivity contribution in [3.8, 4) is 0 Å². The maximum Gasteiger partial charge on any atom is 0.407 e. The third-order valence-electron chi connectivity index (χ3n) is 4.76. The summed E-state index contributed by atoms with van der Waals surface area (Å²) in [5.41, 5.74) is -0.464. The van der Waals surface area contributed by atoms with Gasteiger partial charge in [-0.2, -0.15) is 0 Å². The van der Waals surface area contributed by atoms with Crippen LogP contribution in [0.4, 0.5) is 14.4 Å². The summed E-state index contributed by atoms with van der Waals surface area (Å²) in [5.74, 6) is -0.345. The Hall–Kier alpha value is -3.50. The van der Waals surface area contributed by atoms with Gasteiger partial charge in [0.25, 0.3) is 0 Å². The topological polar surface area (TPSA) is 146 Å². The van der Waals surface area contributed by atoms with Crippen molar-refractivity contribution in [3.05, 3.63) is 35.9 Å². The summed E-state index contributed by atoms with van der Waals surface area (Å²) in [4.78, 5) is 49.3. The second kappa shape index (κ2) is 14.9. The van der Waals surface area contributed by atoms with Crippen molar-refractivity contribution >= 4 is 24.2 Å². The minimum absolute atomic E-state index is 0.0278. The SMILES string of the molecule is CC(C)(C)OC(=O)NCCC[C@H](CNC(=O)CCN(Cc1ccccc1)C(=O)O)NC(=O)OC(C)(C)C. The van der Waals surface area contributed by atoms with Gasteiger partial charge in [0, 0.05) is 38.6 Å². The summed E-state index contributed by atoms with van der Waals surface area (Å²) in [7, 11) is 0. The zero-order valence-corrected chi connectivity index (χ0v) is 22.8. The van der Waals surface area contributed by atoms with Crippen LogP contribution in [0.2, 0.25) is 0 Å². The summed E-state index contributed by atoms with van der Waals surface area (Å²) in [6.07, 6.45) is -1.33. The lowest BCUT2D eigenvalue weighted by atomic mass is 10.1. The van der Waals surface area contributed by atoms with Gasteiger partial charge >= 0.3 is 18.3 Å². The molecule has 0 aliphatic carbocycles. The van der Waals surface area contributed by atoms with E-state index in [1.54, 1.807) is 41.5 Å². The molecular formula is C26H42N4O7. The van der Waals surface area contributed by atoms with Gasteiger partial charge in [0.2, 0.25) is 5.91 Å². The molecule has 1 atom stereocenters. The van der Waals surface area contributed by atoms with Crippen LogP contribution in [0.25, 0.3) is 0 Å². The van der Waals surface area contributed by atoms with Crippen LogP contribution >= 0.6 is 0 Å². The van der Waals surface area contributed by atoms with Crippen molar-refractivity contribution in [2.75, 3.05) is 19.6 Å². The number of hydrogen-bond donors (Lipinski definition) is 4. The van der Waals surface area contributed by atoms with E-state index in [2.05, 4.69) is 16.0 Å². The summed E-state index contributed by atoms with van der Waals surface area (Å²) >= 11 is 0. The second-order valence-electron chi connectivity index (χ2n) is 10.7. The molecule has 0 aromatic heterocycles. The molecule has 208 valence electrons. The van der Waals surface area contributed by atoms with Gasteiger partial charge in [0.15, 0.2) is 0 Å². The standard InChI is InChI=1S/C26H42N4O7/c1-25(2,3)36-22(32)27-15-10-13-20(29-23(33)37-26(4,5)6)17-28-21(31)14-16-30(24(34)35)18-19-11-8-7-9-12-19/h7-9,11-12,20H,10,13-18H2,1-6H3,(H,27,32)(H,28,31)(H,29,33)(H,34,35)/t20-/m1/s1. The molecule has 0 unspecified atom stereocenters. The van der Waals surface area contributed by atoms with Crippen LogP contribution < -0.4 is 16.0 Å². The Kier molecular flexibility index (Phi) is 12.7. The molecule has 0 aliphatic rings. The second-order valence-corrected chi connectivity index (χ2v) is 10.7. The highest BCUT2D eigenvalue weighted by Crippen LogP contribution is 2.09. The highest BCUT2D eigenvalue weighted by molar-refractivity contribution is 5.77. The number of alkyl carbamates (subject to hydrolysis) is 2. The van der Waals surface area contributed by atoms with E-state index < -0.39 is 35.5 Å². The number of hydrogen-bond acceptors (Lipinski definition) is 6. The molecule has 1 rings (SSSR count). The maximum atomic E-state index is 12.4. The molecule has 0 radical (unpaired) electrons. The van der Waals surface area contributed by atoms with Crippen LogP contribution in [0.3, 0.4) is 0 Å². The average molecular weight is 523 g/mol. The summed E-state index contributed by atoms with van der Waals surface area (Å²) in [6, 6.07) is 8.67. The third kappa shape index (κ3) is 16.0. The minimum Gasteiger partial charge on any atom is -0.465 e. The van der Waals surface area contributed by atoms with E-state index in [0.717, 1.165) is 5.56 Å². The van der Waals surface area contributed by atoms with Gasteiger partial charge < -0.3 is 35.4 Å². The lowest BCUT2D eigenvalue weighted by Crippen LogP contribution is -2.46. The molecule has 37 heavy (non-hydrogen) atoms. The predicted molar refractivity (Wildman–Crippen MR) is 139 cm³/mol. The number of rotatable bonds is 12.